The first-order chi connectivity index (χ1) is 9.90. The van der Waals surface area contributed by atoms with Crippen molar-refractivity contribution in [3.05, 3.63) is 29.8 Å². The molecule has 0 saturated carbocycles. The maximum atomic E-state index is 12.4. The molecule has 0 aliphatic carbocycles. The lowest BCUT2D eigenvalue weighted by Gasteiger charge is -2.29. The van der Waals surface area contributed by atoms with Crippen molar-refractivity contribution in [2.45, 2.75) is 33.4 Å². The highest BCUT2D eigenvalue weighted by molar-refractivity contribution is 5.87. The SMILES string of the molecule is CNC(=O)[C@@H](C)N(Cc1ccc(OC)cc1)C(=O)C(C)C. The molecule has 0 bridgehead atoms. The first-order valence-electron chi connectivity index (χ1n) is 7.05. The van der Waals surface area contributed by atoms with Crippen molar-refractivity contribution in [2.24, 2.45) is 5.92 Å². The summed E-state index contributed by atoms with van der Waals surface area (Å²) in [5.74, 6) is 0.398. The predicted molar refractivity (Wildman–Crippen MR) is 81.9 cm³/mol. The zero-order chi connectivity index (χ0) is 16.0. The Hall–Kier alpha value is -2.04. The smallest absolute Gasteiger partial charge is 0.242 e. The van der Waals surface area contributed by atoms with Gasteiger partial charge in [-0.1, -0.05) is 26.0 Å². The van der Waals surface area contributed by atoms with Gasteiger partial charge in [0.25, 0.3) is 0 Å². The molecule has 0 fully saturated rings. The summed E-state index contributed by atoms with van der Waals surface area (Å²) in [6, 6.07) is 6.98. The molecule has 0 heterocycles. The molecular weight excluding hydrogens is 268 g/mol. The van der Waals surface area contributed by atoms with E-state index < -0.39 is 6.04 Å². The molecule has 1 aromatic carbocycles. The molecule has 0 unspecified atom stereocenters. The summed E-state index contributed by atoms with van der Waals surface area (Å²) < 4.78 is 5.12. The molecule has 2 amide bonds. The maximum Gasteiger partial charge on any atom is 0.242 e. The second-order valence-electron chi connectivity index (χ2n) is 5.26. The number of hydrogen-bond acceptors (Lipinski definition) is 3. The maximum absolute atomic E-state index is 12.4. The van der Waals surface area contributed by atoms with Gasteiger partial charge in [-0.2, -0.15) is 0 Å². The van der Waals surface area contributed by atoms with Gasteiger partial charge in [0.15, 0.2) is 0 Å². The summed E-state index contributed by atoms with van der Waals surface area (Å²) >= 11 is 0. The standard InChI is InChI=1S/C16H24N2O3/c1-11(2)16(20)18(12(3)15(19)17-4)10-13-6-8-14(21-5)9-7-13/h6-9,11-12H,10H2,1-5H3,(H,17,19)/t12-/m1/s1. The summed E-state index contributed by atoms with van der Waals surface area (Å²) in [7, 11) is 3.18. The van der Waals surface area contributed by atoms with Crippen molar-refractivity contribution < 1.29 is 14.3 Å². The monoisotopic (exact) mass is 292 g/mol. The number of amides is 2. The van der Waals surface area contributed by atoms with Crippen LogP contribution in [-0.2, 0) is 16.1 Å². The number of ether oxygens (including phenoxy) is 1. The Balaban J connectivity index is 2.95. The lowest BCUT2D eigenvalue weighted by atomic mass is 10.1. The second kappa shape index (κ2) is 7.67. The van der Waals surface area contributed by atoms with Gasteiger partial charge in [-0.15, -0.1) is 0 Å². The van der Waals surface area contributed by atoms with Gasteiger partial charge in [0.2, 0.25) is 11.8 Å². The van der Waals surface area contributed by atoms with Crippen molar-refractivity contribution in [1.82, 2.24) is 10.2 Å². The average Bonchev–Trinajstić information content (AvgIpc) is 2.50. The normalized spacial score (nSPS) is 11.9. The van der Waals surface area contributed by atoms with Crippen molar-refractivity contribution in [3.63, 3.8) is 0 Å². The third-order valence-corrected chi connectivity index (χ3v) is 3.38. The Labute approximate surface area is 126 Å². The van der Waals surface area contributed by atoms with Crippen LogP contribution in [0, 0.1) is 5.92 Å². The van der Waals surface area contributed by atoms with E-state index in [4.69, 9.17) is 4.74 Å². The minimum absolute atomic E-state index is 0.0399. The fourth-order valence-corrected chi connectivity index (χ4v) is 2.02. The van der Waals surface area contributed by atoms with Crippen LogP contribution in [0.3, 0.4) is 0 Å². The molecule has 1 aromatic rings. The summed E-state index contributed by atoms with van der Waals surface area (Å²) in [5.41, 5.74) is 0.959. The van der Waals surface area contributed by atoms with Crippen molar-refractivity contribution >= 4 is 11.8 Å². The number of rotatable bonds is 6. The minimum Gasteiger partial charge on any atom is -0.497 e. The topological polar surface area (TPSA) is 58.6 Å². The van der Waals surface area contributed by atoms with Crippen molar-refractivity contribution in [2.75, 3.05) is 14.2 Å². The van der Waals surface area contributed by atoms with Gasteiger partial charge in [0.05, 0.1) is 7.11 Å². The first-order valence-corrected chi connectivity index (χ1v) is 7.05. The molecule has 5 nitrogen and oxygen atoms in total. The van der Waals surface area contributed by atoms with Crippen LogP contribution in [-0.4, -0.2) is 36.9 Å². The van der Waals surface area contributed by atoms with Crippen LogP contribution >= 0.6 is 0 Å². The molecule has 116 valence electrons. The number of nitrogens with zero attached hydrogens (tertiary/aromatic N) is 1. The second-order valence-corrected chi connectivity index (χ2v) is 5.26. The number of likely N-dealkylation sites (N-methyl/N-ethyl adjacent to an activating group) is 1. The molecule has 0 saturated heterocycles. The van der Waals surface area contributed by atoms with Gasteiger partial charge in [-0.05, 0) is 24.6 Å². The van der Waals surface area contributed by atoms with Crippen LogP contribution in [0.25, 0.3) is 0 Å². The Morgan fingerprint density at radius 1 is 1.19 bits per heavy atom. The number of benzene rings is 1. The summed E-state index contributed by atoms with van der Waals surface area (Å²) in [6.45, 7) is 5.80. The molecule has 21 heavy (non-hydrogen) atoms. The van der Waals surface area contributed by atoms with Gasteiger partial charge in [0, 0.05) is 19.5 Å². The van der Waals surface area contributed by atoms with Crippen LogP contribution in [0.5, 0.6) is 5.75 Å². The van der Waals surface area contributed by atoms with Gasteiger partial charge in [-0.3, -0.25) is 9.59 Å². The molecule has 1 rings (SSSR count). The van der Waals surface area contributed by atoms with Crippen molar-refractivity contribution in [3.8, 4) is 5.75 Å². The quantitative estimate of drug-likeness (QED) is 0.870. The van der Waals surface area contributed by atoms with Crippen LogP contribution in [0.4, 0.5) is 0 Å². The Bertz CT molecular complexity index is 483. The molecule has 1 N–H and O–H groups in total. The zero-order valence-electron chi connectivity index (χ0n) is 13.3. The Morgan fingerprint density at radius 3 is 2.19 bits per heavy atom. The number of nitrogens with one attached hydrogen (secondary N) is 1. The highest BCUT2D eigenvalue weighted by atomic mass is 16.5. The van der Waals surface area contributed by atoms with E-state index in [-0.39, 0.29) is 17.7 Å². The number of carbonyl (C=O) groups is 2. The van der Waals surface area contributed by atoms with E-state index in [1.165, 1.54) is 0 Å². The van der Waals surface area contributed by atoms with Gasteiger partial charge >= 0.3 is 0 Å². The van der Waals surface area contributed by atoms with E-state index in [2.05, 4.69) is 5.32 Å². The molecular formula is C16H24N2O3. The molecule has 1 atom stereocenters. The fraction of sp³-hybridized carbons (Fsp3) is 0.500. The minimum atomic E-state index is -0.507. The average molecular weight is 292 g/mol. The van der Waals surface area contributed by atoms with E-state index in [0.29, 0.717) is 6.54 Å². The zero-order valence-corrected chi connectivity index (χ0v) is 13.3. The Kier molecular flexibility index (Phi) is 6.21. The fourth-order valence-electron chi connectivity index (χ4n) is 2.02. The first kappa shape index (κ1) is 17.0. The number of hydrogen-bond donors (Lipinski definition) is 1. The van der Waals surface area contributed by atoms with Gasteiger partial charge < -0.3 is 15.0 Å². The van der Waals surface area contributed by atoms with E-state index in [1.807, 2.05) is 38.1 Å². The highest BCUT2D eigenvalue weighted by Gasteiger charge is 2.26. The summed E-state index contributed by atoms with van der Waals surface area (Å²) in [4.78, 5) is 25.8. The molecule has 0 aromatic heterocycles. The van der Waals surface area contributed by atoms with E-state index in [0.717, 1.165) is 11.3 Å². The highest BCUT2D eigenvalue weighted by Crippen LogP contribution is 2.16. The molecule has 5 heteroatoms. The third kappa shape index (κ3) is 4.48. The van der Waals surface area contributed by atoms with Gasteiger partial charge in [0.1, 0.15) is 11.8 Å². The van der Waals surface area contributed by atoms with Crippen LogP contribution in [0.1, 0.15) is 26.3 Å². The number of methoxy groups -OCH3 is 1. The molecule has 0 aliphatic rings. The third-order valence-electron chi connectivity index (χ3n) is 3.38. The van der Waals surface area contributed by atoms with E-state index >= 15 is 0 Å². The number of carbonyl (C=O) groups excluding carboxylic acids is 2. The van der Waals surface area contributed by atoms with E-state index in [9.17, 15) is 9.59 Å². The Morgan fingerprint density at radius 2 is 1.76 bits per heavy atom. The van der Waals surface area contributed by atoms with E-state index in [1.54, 1.807) is 26.0 Å². The molecule has 0 radical (unpaired) electrons. The lowest BCUT2D eigenvalue weighted by molar-refractivity contribution is -0.142. The van der Waals surface area contributed by atoms with Crippen LogP contribution in [0.2, 0.25) is 0 Å². The van der Waals surface area contributed by atoms with Crippen LogP contribution in [0.15, 0.2) is 24.3 Å². The largest absolute Gasteiger partial charge is 0.497 e. The molecule has 0 spiro atoms. The van der Waals surface area contributed by atoms with Crippen molar-refractivity contribution in [1.29, 1.82) is 0 Å². The summed E-state index contributed by atoms with van der Waals surface area (Å²) in [6.07, 6.45) is 0. The van der Waals surface area contributed by atoms with Crippen LogP contribution < -0.4 is 10.1 Å². The molecule has 0 aliphatic heterocycles. The lowest BCUT2D eigenvalue weighted by Crippen LogP contribution is -2.48. The van der Waals surface area contributed by atoms with Gasteiger partial charge in [-0.25, -0.2) is 0 Å². The summed E-state index contributed by atoms with van der Waals surface area (Å²) in [5, 5.41) is 2.59. The predicted octanol–water partition coefficient (Wildman–Crippen LogP) is 1.81.